The van der Waals surface area contributed by atoms with Gasteiger partial charge in [0.15, 0.2) is 0 Å². The number of nitrogens with one attached hydrogen (secondary N) is 1. The molecule has 1 aromatic carbocycles. The predicted octanol–water partition coefficient (Wildman–Crippen LogP) is 3.87. The second-order valence-electron chi connectivity index (χ2n) is 9.57. The molecule has 3 aliphatic rings. The van der Waals surface area contributed by atoms with Gasteiger partial charge >= 0.3 is 6.03 Å². The van der Waals surface area contributed by atoms with Gasteiger partial charge in [-0.2, -0.15) is 0 Å². The molecule has 1 unspecified atom stereocenters. The summed E-state index contributed by atoms with van der Waals surface area (Å²) in [5.41, 5.74) is 1.23. The van der Waals surface area contributed by atoms with Crippen LogP contribution in [0.3, 0.4) is 0 Å². The van der Waals surface area contributed by atoms with Crippen LogP contribution in [-0.4, -0.2) is 67.0 Å². The number of nitrogens with zero attached hydrogens (tertiary/aromatic N) is 3. The molecule has 31 heavy (non-hydrogen) atoms. The van der Waals surface area contributed by atoms with Crippen molar-refractivity contribution in [1.82, 2.24) is 15.1 Å². The molecule has 1 saturated carbocycles. The normalized spacial score (nSPS) is 23.5. The summed E-state index contributed by atoms with van der Waals surface area (Å²) in [6.07, 6.45) is 9.63. The molecule has 1 atom stereocenters. The lowest BCUT2D eigenvalue weighted by molar-refractivity contribution is -0.137. The molecule has 3 fully saturated rings. The fourth-order valence-electron chi connectivity index (χ4n) is 5.44. The smallest absolute Gasteiger partial charge is 0.317 e. The largest absolute Gasteiger partial charge is 0.369 e. The van der Waals surface area contributed by atoms with Crippen molar-refractivity contribution in [1.29, 1.82) is 0 Å². The number of hydrogen-bond acceptors (Lipinski definition) is 3. The van der Waals surface area contributed by atoms with Crippen LogP contribution < -0.4 is 10.2 Å². The molecule has 0 bridgehead atoms. The highest BCUT2D eigenvalue weighted by atomic mass is 16.2. The zero-order chi connectivity index (χ0) is 21.6. The van der Waals surface area contributed by atoms with Gasteiger partial charge in [-0.05, 0) is 50.7 Å². The van der Waals surface area contributed by atoms with Crippen LogP contribution >= 0.6 is 0 Å². The number of anilines is 1. The molecule has 0 aromatic heterocycles. The van der Waals surface area contributed by atoms with E-state index in [1.54, 1.807) is 0 Å². The third-order valence-electron chi connectivity index (χ3n) is 7.47. The number of hydrogen-bond donors (Lipinski definition) is 1. The van der Waals surface area contributed by atoms with Gasteiger partial charge in [-0.3, -0.25) is 4.79 Å². The zero-order valence-electron chi connectivity index (χ0n) is 19.0. The lowest BCUT2D eigenvalue weighted by Crippen LogP contribution is -2.55. The number of likely N-dealkylation sites (tertiary alicyclic amines) is 1. The van der Waals surface area contributed by atoms with Gasteiger partial charge in [-0.15, -0.1) is 0 Å². The summed E-state index contributed by atoms with van der Waals surface area (Å²) in [4.78, 5) is 32.0. The van der Waals surface area contributed by atoms with E-state index in [1.807, 2.05) is 22.9 Å². The van der Waals surface area contributed by atoms with E-state index in [0.717, 1.165) is 64.7 Å². The number of carbonyl (C=O) groups excluding carboxylic acids is 2. The van der Waals surface area contributed by atoms with E-state index < -0.39 is 0 Å². The van der Waals surface area contributed by atoms with Crippen molar-refractivity contribution in [2.75, 3.05) is 38.1 Å². The van der Waals surface area contributed by atoms with E-state index in [9.17, 15) is 9.59 Å². The molecule has 1 aliphatic carbocycles. The molecule has 6 heteroatoms. The topological polar surface area (TPSA) is 55.9 Å². The number of urea groups is 1. The van der Waals surface area contributed by atoms with E-state index in [1.165, 1.54) is 24.9 Å². The van der Waals surface area contributed by atoms with Crippen molar-refractivity contribution < 1.29 is 9.59 Å². The summed E-state index contributed by atoms with van der Waals surface area (Å²) in [5, 5.41) is 3.24. The second kappa shape index (κ2) is 10.4. The number of rotatable bonds is 4. The maximum absolute atomic E-state index is 12.9. The van der Waals surface area contributed by atoms with Gasteiger partial charge in [-0.25, -0.2) is 4.79 Å². The number of amides is 3. The minimum Gasteiger partial charge on any atom is -0.369 e. The van der Waals surface area contributed by atoms with Gasteiger partial charge in [0.25, 0.3) is 0 Å². The van der Waals surface area contributed by atoms with Crippen LogP contribution in [0.2, 0.25) is 0 Å². The minimum absolute atomic E-state index is 0.0250. The van der Waals surface area contributed by atoms with Gasteiger partial charge in [0.1, 0.15) is 0 Å². The first kappa shape index (κ1) is 22.0. The van der Waals surface area contributed by atoms with Gasteiger partial charge < -0.3 is 20.0 Å². The first-order valence-electron chi connectivity index (χ1n) is 12.2. The minimum atomic E-state index is 0.0250. The Bertz CT molecular complexity index is 726. The summed E-state index contributed by atoms with van der Waals surface area (Å²) in [6, 6.07) is 10.9. The van der Waals surface area contributed by atoms with E-state index in [-0.39, 0.29) is 24.0 Å². The van der Waals surface area contributed by atoms with Crippen LogP contribution in [-0.2, 0) is 4.79 Å². The van der Waals surface area contributed by atoms with Crippen LogP contribution in [0.25, 0.3) is 0 Å². The van der Waals surface area contributed by atoms with Crippen molar-refractivity contribution in [3.63, 3.8) is 0 Å². The van der Waals surface area contributed by atoms with Crippen molar-refractivity contribution in [3.8, 4) is 0 Å². The van der Waals surface area contributed by atoms with Crippen LogP contribution in [0.4, 0.5) is 10.5 Å². The molecule has 2 heterocycles. The molecule has 4 rings (SSSR count). The molecule has 1 aromatic rings. The number of carbonyl (C=O) groups is 2. The Morgan fingerprint density at radius 3 is 2.32 bits per heavy atom. The summed E-state index contributed by atoms with van der Waals surface area (Å²) in [6.45, 7) is 3.47. The molecular weight excluding hydrogens is 388 g/mol. The Labute approximate surface area is 187 Å². The second-order valence-corrected chi connectivity index (χ2v) is 9.57. The molecule has 1 N–H and O–H groups in total. The molecule has 0 radical (unpaired) electrons. The highest BCUT2D eigenvalue weighted by molar-refractivity contribution is 5.79. The maximum atomic E-state index is 12.9. The van der Waals surface area contributed by atoms with Crippen LogP contribution in [0.1, 0.15) is 57.8 Å². The number of benzene rings is 1. The highest BCUT2D eigenvalue weighted by Gasteiger charge is 2.31. The predicted molar refractivity (Wildman–Crippen MR) is 124 cm³/mol. The maximum Gasteiger partial charge on any atom is 0.317 e. The Hall–Kier alpha value is -2.24. The number of piperidine rings is 2. The lowest BCUT2D eigenvalue weighted by atomic mass is 9.87. The first-order chi connectivity index (χ1) is 15.1. The molecule has 3 amide bonds. The summed E-state index contributed by atoms with van der Waals surface area (Å²) >= 11 is 0. The van der Waals surface area contributed by atoms with Crippen molar-refractivity contribution in [2.24, 2.45) is 5.92 Å². The molecule has 6 nitrogen and oxygen atoms in total. The Balaban J connectivity index is 1.23. The van der Waals surface area contributed by atoms with Gasteiger partial charge in [0, 0.05) is 50.9 Å². The molecular formula is C25H38N4O2. The highest BCUT2D eigenvalue weighted by Crippen LogP contribution is 2.27. The average molecular weight is 427 g/mol. The Kier molecular flexibility index (Phi) is 7.36. The Morgan fingerprint density at radius 1 is 0.903 bits per heavy atom. The third kappa shape index (κ3) is 5.52. The van der Waals surface area contributed by atoms with Gasteiger partial charge in [0.2, 0.25) is 5.91 Å². The van der Waals surface area contributed by atoms with E-state index in [2.05, 4.69) is 34.5 Å². The summed E-state index contributed by atoms with van der Waals surface area (Å²) < 4.78 is 0. The standard InChI is InChI=1S/C25H38N4O2/c1-27(23-13-8-16-29(19-23)22-11-6-3-7-12-22)25(31)26-21-14-17-28(18-15-21)24(30)20-9-4-2-5-10-20/h3,6-7,11-12,20-21,23H,2,4-5,8-10,13-19H2,1H3,(H,26,31). The molecule has 2 aliphatic heterocycles. The summed E-state index contributed by atoms with van der Waals surface area (Å²) in [5.74, 6) is 0.592. The van der Waals surface area contributed by atoms with E-state index in [4.69, 9.17) is 0 Å². The van der Waals surface area contributed by atoms with Crippen molar-refractivity contribution in [3.05, 3.63) is 30.3 Å². The number of para-hydroxylation sites is 1. The van der Waals surface area contributed by atoms with E-state index >= 15 is 0 Å². The lowest BCUT2D eigenvalue weighted by Gasteiger charge is -2.40. The fraction of sp³-hybridized carbons (Fsp3) is 0.680. The van der Waals surface area contributed by atoms with Crippen molar-refractivity contribution >= 4 is 17.6 Å². The van der Waals surface area contributed by atoms with Gasteiger partial charge in [0.05, 0.1) is 6.04 Å². The fourth-order valence-corrected chi connectivity index (χ4v) is 5.44. The third-order valence-corrected chi connectivity index (χ3v) is 7.47. The Morgan fingerprint density at radius 2 is 1.61 bits per heavy atom. The zero-order valence-corrected chi connectivity index (χ0v) is 19.0. The van der Waals surface area contributed by atoms with Gasteiger partial charge in [-0.1, -0.05) is 37.5 Å². The number of likely N-dealkylation sites (N-methyl/N-ethyl adjacent to an activating group) is 1. The summed E-state index contributed by atoms with van der Waals surface area (Å²) in [7, 11) is 1.93. The molecule has 170 valence electrons. The quantitative estimate of drug-likeness (QED) is 0.795. The molecule has 2 saturated heterocycles. The monoisotopic (exact) mass is 426 g/mol. The average Bonchev–Trinajstić information content (AvgIpc) is 2.84. The SMILES string of the molecule is CN(C(=O)NC1CCN(C(=O)C2CCCCC2)CC1)C1CCCN(c2ccccc2)C1. The first-order valence-corrected chi connectivity index (χ1v) is 12.2. The van der Waals surface area contributed by atoms with Crippen LogP contribution in [0.5, 0.6) is 0 Å². The van der Waals surface area contributed by atoms with E-state index in [0.29, 0.717) is 5.91 Å². The molecule has 0 spiro atoms. The van der Waals surface area contributed by atoms with Crippen molar-refractivity contribution in [2.45, 2.75) is 69.9 Å². The van der Waals surface area contributed by atoms with Crippen LogP contribution in [0, 0.1) is 5.92 Å². The van der Waals surface area contributed by atoms with Crippen LogP contribution in [0.15, 0.2) is 30.3 Å².